The van der Waals surface area contributed by atoms with E-state index >= 15 is 0 Å². The molecular weight excluding hydrogens is 1010 g/mol. The fourth-order valence-corrected chi connectivity index (χ4v) is 9.02. The molecule has 0 saturated carbocycles. The molecule has 0 aliphatic carbocycles. The van der Waals surface area contributed by atoms with Gasteiger partial charge in [-0.05, 0) is 159 Å². The summed E-state index contributed by atoms with van der Waals surface area (Å²) in [6.07, 6.45) is 2.08. The summed E-state index contributed by atoms with van der Waals surface area (Å²) >= 11 is 0. The van der Waals surface area contributed by atoms with E-state index in [1.165, 1.54) is 0 Å². The van der Waals surface area contributed by atoms with E-state index in [9.17, 15) is 19.2 Å². The fourth-order valence-electron chi connectivity index (χ4n) is 9.02. The number of carbonyl (C=O) groups is 4. The van der Waals surface area contributed by atoms with Gasteiger partial charge >= 0.3 is 23.9 Å². The third-order valence-electron chi connectivity index (χ3n) is 13.3. The number of hydrogen-bond donors (Lipinski definition) is 8. The Labute approximate surface area is 481 Å². The van der Waals surface area contributed by atoms with Crippen molar-refractivity contribution in [1.82, 2.24) is 21.3 Å². The summed E-state index contributed by atoms with van der Waals surface area (Å²) in [5, 5.41) is 12.1. The molecule has 0 heterocycles. The second-order valence-electron chi connectivity index (χ2n) is 21.8. The van der Waals surface area contributed by atoms with E-state index in [2.05, 4.69) is 69.8 Å². The molecule has 0 aliphatic rings. The van der Waals surface area contributed by atoms with E-state index < -0.39 is 0 Å². The SMILES string of the molecule is CN[C@@H](C[C@@H](c1ccccc1)[C@@H](C)N)C(=O)OC(C)C.CN[C@@H](C[C@H](c1ccccc1)[C@@H](C)N)C(=O)OC(C)C.CN[C@H](C[C@@H](c1ccccc1)[C@@H](C)N)C(=O)OC(C)C.CN[C@H](C[C@H](c1ccccc1)[C@@H](C)N)C(=O)OC(C)C. The lowest BCUT2D eigenvalue weighted by Crippen LogP contribution is -2.40. The van der Waals surface area contributed by atoms with Crippen LogP contribution in [0.25, 0.3) is 0 Å². The van der Waals surface area contributed by atoms with Crippen molar-refractivity contribution in [3.8, 4) is 0 Å². The van der Waals surface area contributed by atoms with Crippen molar-refractivity contribution in [2.75, 3.05) is 28.2 Å². The van der Waals surface area contributed by atoms with E-state index in [-0.39, 0.29) is 120 Å². The Morgan fingerprint density at radius 1 is 0.312 bits per heavy atom. The molecule has 0 amide bonds. The van der Waals surface area contributed by atoms with Crippen molar-refractivity contribution < 1.29 is 38.1 Å². The average Bonchev–Trinajstić information content (AvgIpc) is 3.40. The van der Waals surface area contributed by atoms with Crippen LogP contribution >= 0.6 is 0 Å². The third-order valence-corrected chi connectivity index (χ3v) is 13.3. The Balaban J connectivity index is 0.000000533. The van der Waals surface area contributed by atoms with Crippen LogP contribution in [0.1, 0.15) is 155 Å². The third kappa shape index (κ3) is 28.2. The number of hydrogen-bond acceptors (Lipinski definition) is 16. The molecule has 80 heavy (non-hydrogen) atoms. The van der Waals surface area contributed by atoms with Gasteiger partial charge in [-0.2, -0.15) is 0 Å². The van der Waals surface area contributed by atoms with Crippen LogP contribution in [0.3, 0.4) is 0 Å². The summed E-state index contributed by atoms with van der Waals surface area (Å²) < 4.78 is 21.1. The first-order valence-corrected chi connectivity index (χ1v) is 28.5. The highest BCUT2D eigenvalue weighted by Crippen LogP contribution is 2.28. The van der Waals surface area contributed by atoms with Gasteiger partial charge in [0, 0.05) is 47.8 Å². The molecule has 16 heteroatoms. The highest BCUT2D eigenvalue weighted by molar-refractivity contribution is 5.77. The van der Waals surface area contributed by atoms with Crippen LogP contribution in [0.2, 0.25) is 0 Å². The molecule has 16 nitrogen and oxygen atoms in total. The van der Waals surface area contributed by atoms with Gasteiger partial charge in [-0.1, -0.05) is 121 Å². The van der Waals surface area contributed by atoms with Gasteiger partial charge < -0.3 is 63.1 Å². The minimum atomic E-state index is -0.339. The molecule has 0 spiro atoms. The number of likely N-dealkylation sites (N-methyl/N-ethyl adjacent to an activating group) is 4. The standard InChI is InChI=1S/4C16H26N2O2/c4*1-11(2)20-16(19)15(18-4)10-14(12(3)17)13-8-6-5-7-9-13/h4*5-9,11-12,14-15,18H,10,17H2,1-4H3/t12-,14+,15+;12-,14+,15-;12-,14-,15+;12-,14-,15-/m1111/s1. The van der Waals surface area contributed by atoms with Gasteiger partial charge in [0.15, 0.2) is 0 Å². The van der Waals surface area contributed by atoms with Crippen LogP contribution in [-0.2, 0) is 38.1 Å². The molecule has 12 atom stereocenters. The van der Waals surface area contributed by atoms with Crippen molar-refractivity contribution >= 4 is 23.9 Å². The van der Waals surface area contributed by atoms with Crippen LogP contribution in [0, 0.1) is 0 Å². The fraction of sp³-hybridized carbons (Fsp3) is 0.562. The molecule has 0 fully saturated rings. The Kier molecular flexibility index (Phi) is 36.0. The zero-order valence-electron chi connectivity index (χ0n) is 51.2. The van der Waals surface area contributed by atoms with Crippen molar-refractivity contribution in [3.63, 3.8) is 0 Å². The number of nitrogens with two attached hydrogens (primary N) is 4. The molecule has 4 rings (SSSR count). The lowest BCUT2D eigenvalue weighted by molar-refractivity contribution is -0.151. The van der Waals surface area contributed by atoms with Crippen LogP contribution in [0.15, 0.2) is 121 Å². The van der Waals surface area contributed by atoms with Gasteiger partial charge in [0.1, 0.15) is 24.2 Å². The Morgan fingerprint density at radius 2 is 0.463 bits per heavy atom. The van der Waals surface area contributed by atoms with E-state index in [4.69, 9.17) is 41.9 Å². The smallest absolute Gasteiger partial charge is 0.323 e. The first-order chi connectivity index (χ1) is 37.8. The van der Waals surface area contributed by atoms with E-state index in [1.54, 1.807) is 28.2 Å². The van der Waals surface area contributed by atoms with Crippen molar-refractivity contribution in [3.05, 3.63) is 144 Å². The zero-order chi connectivity index (χ0) is 60.5. The normalized spacial score (nSPS) is 15.7. The van der Waals surface area contributed by atoms with Gasteiger partial charge in [0.2, 0.25) is 0 Å². The van der Waals surface area contributed by atoms with E-state index in [1.807, 2.05) is 156 Å². The quantitative estimate of drug-likeness (QED) is 0.0197. The van der Waals surface area contributed by atoms with Crippen molar-refractivity contribution in [2.24, 2.45) is 22.9 Å². The maximum atomic E-state index is 12.0. The van der Waals surface area contributed by atoms with Gasteiger partial charge in [0.05, 0.1) is 24.4 Å². The summed E-state index contributed by atoms with van der Waals surface area (Å²) in [7, 11) is 7.09. The predicted octanol–water partition coefficient (Wildman–Crippen LogP) is 8.19. The molecule has 0 aromatic heterocycles. The maximum absolute atomic E-state index is 12.0. The lowest BCUT2D eigenvalue weighted by atomic mass is 9.87. The molecular formula is C64H104N8O8. The molecule has 0 bridgehead atoms. The van der Waals surface area contributed by atoms with Gasteiger partial charge in [-0.3, -0.25) is 19.2 Å². The van der Waals surface area contributed by atoms with E-state index in [0.717, 1.165) is 22.3 Å². The minimum Gasteiger partial charge on any atom is -0.462 e. The largest absolute Gasteiger partial charge is 0.462 e. The lowest BCUT2D eigenvalue weighted by Gasteiger charge is -2.26. The molecule has 0 radical (unpaired) electrons. The Morgan fingerprint density at radius 3 is 0.575 bits per heavy atom. The van der Waals surface area contributed by atoms with Crippen molar-refractivity contribution in [1.29, 1.82) is 0 Å². The van der Waals surface area contributed by atoms with Crippen LogP contribution < -0.4 is 44.2 Å². The summed E-state index contributed by atoms with van der Waals surface area (Å²) in [4.78, 5) is 48.2. The molecule has 4 aromatic carbocycles. The summed E-state index contributed by atoms with van der Waals surface area (Å²) in [6.45, 7) is 22.7. The van der Waals surface area contributed by atoms with E-state index in [0.29, 0.717) is 25.7 Å². The Bertz CT molecular complexity index is 1930. The second kappa shape index (κ2) is 39.8. The van der Waals surface area contributed by atoms with Crippen LogP contribution in [0.4, 0.5) is 0 Å². The van der Waals surface area contributed by atoms with Gasteiger partial charge in [-0.15, -0.1) is 0 Å². The molecule has 0 saturated heterocycles. The van der Waals surface area contributed by atoms with Crippen LogP contribution in [-0.4, -0.2) is 125 Å². The molecule has 0 aliphatic heterocycles. The predicted molar refractivity (Wildman–Crippen MR) is 326 cm³/mol. The van der Waals surface area contributed by atoms with Crippen molar-refractivity contribution in [2.45, 2.75) is 205 Å². The summed E-state index contributed by atoms with van der Waals surface area (Å²) in [6, 6.07) is 38.8. The zero-order valence-corrected chi connectivity index (χ0v) is 51.2. The first-order valence-electron chi connectivity index (χ1n) is 28.5. The topological polar surface area (TPSA) is 257 Å². The molecule has 0 unspecified atom stereocenters. The summed E-state index contributed by atoms with van der Waals surface area (Å²) in [5.41, 5.74) is 29.0. The summed E-state index contributed by atoms with van der Waals surface area (Å²) in [5.74, 6) is -0.398. The first kappa shape index (κ1) is 72.5. The maximum Gasteiger partial charge on any atom is 0.323 e. The number of ether oxygens (including phenoxy) is 4. The average molecular weight is 1110 g/mol. The monoisotopic (exact) mass is 1110 g/mol. The Hall–Kier alpha value is -5.56. The minimum absolute atomic E-state index is 0.0277. The number of carbonyl (C=O) groups excluding carboxylic acids is 4. The highest BCUT2D eigenvalue weighted by atomic mass is 16.6. The number of nitrogens with one attached hydrogen (secondary N) is 4. The number of esters is 4. The van der Waals surface area contributed by atoms with Gasteiger partial charge in [0.25, 0.3) is 0 Å². The van der Waals surface area contributed by atoms with Gasteiger partial charge in [-0.25, -0.2) is 0 Å². The molecule has 448 valence electrons. The number of benzene rings is 4. The number of rotatable bonds is 28. The molecule has 12 N–H and O–H groups in total. The highest BCUT2D eigenvalue weighted by Gasteiger charge is 2.30. The second-order valence-corrected chi connectivity index (χ2v) is 21.8. The molecule has 4 aromatic rings. The van der Waals surface area contributed by atoms with Crippen LogP contribution in [0.5, 0.6) is 0 Å².